The van der Waals surface area contributed by atoms with Crippen LogP contribution in [0, 0.1) is 11.8 Å². The molecule has 19 heavy (non-hydrogen) atoms. The fraction of sp³-hybridized carbons (Fsp3) is 0.529. The zero-order valence-corrected chi connectivity index (χ0v) is 11.6. The fourth-order valence-electron chi connectivity index (χ4n) is 2.52. The first-order valence-corrected chi connectivity index (χ1v) is 7.29. The fourth-order valence-corrected chi connectivity index (χ4v) is 2.52. The molecule has 0 bridgehead atoms. The topological polar surface area (TPSA) is 23.5 Å². The summed E-state index contributed by atoms with van der Waals surface area (Å²) >= 11 is 0. The highest BCUT2D eigenvalue weighted by Crippen LogP contribution is 2.14. The van der Waals surface area contributed by atoms with Gasteiger partial charge in [-0.15, -0.1) is 0 Å². The van der Waals surface area contributed by atoms with Gasteiger partial charge in [-0.2, -0.15) is 0 Å². The first-order chi connectivity index (χ1) is 9.38. The minimum absolute atomic E-state index is 0.139. The van der Waals surface area contributed by atoms with E-state index in [1.54, 1.807) is 0 Å². The molecule has 1 aliphatic rings. The summed E-state index contributed by atoms with van der Waals surface area (Å²) in [5.74, 6) is 6.09. The van der Waals surface area contributed by atoms with Crippen molar-refractivity contribution in [3.63, 3.8) is 0 Å². The van der Waals surface area contributed by atoms with E-state index in [1.807, 2.05) is 6.07 Å². The Labute approximate surface area is 116 Å². The van der Waals surface area contributed by atoms with Crippen LogP contribution in [0.25, 0.3) is 0 Å². The molecule has 1 heterocycles. The highest BCUT2D eigenvalue weighted by molar-refractivity contribution is 5.37. The first-order valence-electron chi connectivity index (χ1n) is 7.29. The molecule has 0 atom stereocenters. The number of aliphatic hydroxyl groups excluding tert-OH is 1. The van der Waals surface area contributed by atoms with Crippen molar-refractivity contribution in [2.24, 2.45) is 0 Å². The minimum Gasteiger partial charge on any atom is -0.395 e. The molecule has 102 valence electrons. The average Bonchev–Trinajstić information content (AvgIpc) is 2.68. The first kappa shape index (κ1) is 14.1. The summed E-state index contributed by atoms with van der Waals surface area (Å²) in [5.41, 5.74) is 2.40. The summed E-state index contributed by atoms with van der Waals surface area (Å²) in [6.45, 7) is 3.62. The lowest BCUT2D eigenvalue weighted by atomic mass is 10.1. The van der Waals surface area contributed by atoms with Crippen molar-refractivity contribution in [3.8, 4) is 11.8 Å². The highest BCUT2D eigenvalue weighted by atomic mass is 16.2. The van der Waals surface area contributed by atoms with Gasteiger partial charge in [0, 0.05) is 18.5 Å². The van der Waals surface area contributed by atoms with Crippen molar-refractivity contribution < 1.29 is 5.11 Å². The Bertz CT molecular complexity index is 436. The molecule has 2 rings (SSSR count). The van der Waals surface area contributed by atoms with Crippen LogP contribution in [-0.2, 0) is 6.54 Å². The molecule has 2 nitrogen and oxygen atoms in total. The van der Waals surface area contributed by atoms with E-state index in [0.29, 0.717) is 6.42 Å². The lowest BCUT2D eigenvalue weighted by Crippen LogP contribution is -2.23. The number of likely N-dealkylation sites (tertiary alicyclic amines) is 1. The van der Waals surface area contributed by atoms with Gasteiger partial charge in [-0.05, 0) is 43.6 Å². The Kier molecular flexibility index (Phi) is 5.94. The van der Waals surface area contributed by atoms with E-state index < -0.39 is 0 Å². The maximum atomic E-state index is 8.73. The van der Waals surface area contributed by atoms with Gasteiger partial charge in [0.05, 0.1) is 6.61 Å². The van der Waals surface area contributed by atoms with Crippen LogP contribution in [0.2, 0.25) is 0 Å². The second-order valence-corrected chi connectivity index (χ2v) is 5.17. The Morgan fingerprint density at radius 1 is 1.11 bits per heavy atom. The summed E-state index contributed by atoms with van der Waals surface area (Å²) in [6, 6.07) is 8.48. The minimum atomic E-state index is 0.139. The Morgan fingerprint density at radius 2 is 1.89 bits per heavy atom. The summed E-state index contributed by atoms with van der Waals surface area (Å²) < 4.78 is 0. The number of rotatable bonds is 3. The van der Waals surface area contributed by atoms with Crippen molar-refractivity contribution in [3.05, 3.63) is 35.4 Å². The molecule has 1 saturated heterocycles. The third kappa shape index (κ3) is 5.06. The Balaban J connectivity index is 1.96. The molecule has 0 radical (unpaired) electrons. The Hall–Kier alpha value is -1.30. The summed E-state index contributed by atoms with van der Waals surface area (Å²) in [5, 5.41) is 8.73. The van der Waals surface area contributed by atoms with Gasteiger partial charge in [0.25, 0.3) is 0 Å². The van der Waals surface area contributed by atoms with Crippen molar-refractivity contribution in [1.82, 2.24) is 4.90 Å². The number of hydrogen-bond acceptors (Lipinski definition) is 2. The number of nitrogens with zero attached hydrogens (tertiary/aromatic N) is 1. The maximum Gasteiger partial charge on any atom is 0.0540 e. The number of hydrogen-bond donors (Lipinski definition) is 1. The van der Waals surface area contributed by atoms with Crippen LogP contribution in [0.4, 0.5) is 0 Å². The van der Waals surface area contributed by atoms with Crippen LogP contribution >= 0.6 is 0 Å². The summed E-state index contributed by atoms with van der Waals surface area (Å²) in [6.07, 6.45) is 5.97. The van der Waals surface area contributed by atoms with Crippen LogP contribution in [-0.4, -0.2) is 29.7 Å². The van der Waals surface area contributed by atoms with Crippen LogP contribution in [0.3, 0.4) is 0 Å². The highest BCUT2D eigenvalue weighted by Gasteiger charge is 2.09. The molecule has 0 unspecified atom stereocenters. The van der Waals surface area contributed by atoms with Gasteiger partial charge < -0.3 is 5.11 Å². The van der Waals surface area contributed by atoms with E-state index in [2.05, 4.69) is 34.9 Å². The van der Waals surface area contributed by atoms with Crippen molar-refractivity contribution in [2.45, 2.75) is 38.6 Å². The molecule has 0 amide bonds. The normalized spacial score (nSPS) is 16.5. The predicted octanol–water partition coefficient (Wildman–Crippen LogP) is 2.80. The average molecular weight is 257 g/mol. The third-order valence-corrected chi connectivity index (χ3v) is 3.50. The standard InChI is InChI=1S/C17H23NO/c19-13-6-3-8-16-9-7-10-17(14-16)15-18-11-4-1-2-5-12-18/h7,9-10,14,19H,1-2,4-6,11-13,15H2. The quantitative estimate of drug-likeness (QED) is 0.842. The smallest absolute Gasteiger partial charge is 0.0540 e. The SMILES string of the molecule is OCCC#Cc1cccc(CN2CCCCCC2)c1. The zero-order chi connectivity index (χ0) is 13.3. The molecular weight excluding hydrogens is 234 g/mol. The molecule has 0 aliphatic carbocycles. The summed E-state index contributed by atoms with van der Waals surface area (Å²) in [7, 11) is 0. The van der Waals surface area contributed by atoms with Crippen LogP contribution < -0.4 is 0 Å². The zero-order valence-electron chi connectivity index (χ0n) is 11.6. The molecule has 1 aliphatic heterocycles. The summed E-state index contributed by atoms with van der Waals surface area (Å²) in [4.78, 5) is 2.55. The van der Waals surface area contributed by atoms with E-state index in [0.717, 1.165) is 12.1 Å². The van der Waals surface area contributed by atoms with Crippen LogP contribution in [0.5, 0.6) is 0 Å². The largest absolute Gasteiger partial charge is 0.395 e. The van der Waals surface area contributed by atoms with Gasteiger partial charge in [-0.25, -0.2) is 0 Å². The Morgan fingerprint density at radius 3 is 2.63 bits per heavy atom. The number of aliphatic hydroxyl groups is 1. The van der Waals surface area contributed by atoms with E-state index in [-0.39, 0.29) is 6.61 Å². The van der Waals surface area contributed by atoms with Gasteiger partial charge in [-0.1, -0.05) is 36.8 Å². The van der Waals surface area contributed by atoms with Gasteiger partial charge in [0.15, 0.2) is 0 Å². The monoisotopic (exact) mass is 257 g/mol. The number of benzene rings is 1. The molecule has 0 spiro atoms. The van der Waals surface area contributed by atoms with E-state index >= 15 is 0 Å². The van der Waals surface area contributed by atoms with E-state index in [1.165, 1.54) is 44.3 Å². The molecule has 0 saturated carbocycles. The van der Waals surface area contributed by atoms with Crippen LogP contribution in [0.15, 0.2) is 24.3 Å². The molecule has 1 fully saturated rings. The third-order valence-electron chi connectivity index (χ3n) is 3.50. The van der Waals surface area contributed by atoms with Crippen molar-refractivity contribution >= 4 is 0 Å². The molecule has 1 aromatic carbocycles. The van der Waals surface area contributed by atoms with Crippen molar-refractivity contribution in [2.75, 3.05) is 19.7 Å². The molecule has 1 N–H and O–H groups in total. The maximum absolute atomic E-state index is 8.73. The molecule has 2 heteroatoms. The van der Waals surface area contributed by atoms with Gasteiger partial charge in [-0.3, -0.25) is 4.90 Å². The van der Waals surface area contributed by atoms with Gasteiger partial charge in [0.2, 0.25) is 0 Å². The molecular formula is C17H23NO. The van der Waals surface area contributed by atoms with E-state index in [9.17, 15) is 0 Å². The second kappa shape index (κ2) is 7.99. The predicted molar refractivity (Wildman–Crippen MR) is 78.8 cm³/mol. The molecule has 1 aromatic rings. The van der Waals surface area contributed by atoms with Gasteiger partial charge >= 0.3 is 0 Å². The second-order valence-electron chi connectivity index (χ2n) is 5.17. The van der Waals surface area contributed by atoms with Crippen LogP contribution in [0.1, 0.15) is 43.2 Å². The van der Waals surface area contributed by atoms with E-state index in [4.69, 9.17) is 5.11 Å². The lowest BCUT2D eigenvalue weighted by molar-refractivity contribution is 0.277. The van der Waals surface area contributed by atoms with Crippen molar-refractivity contribution in [1.29, 1.82) is 0 Å². The van der Waals surface area contributed by atoms with Gasteiger partial charge in [0.1, 0.15) is 0 Å². The lowest BCUT2D eigenvalue weighted by Gasteiger charge is -2.19. The molecule has 0 aromatic heterocycles.